The highest BCUT2D eigenvalue weighted by Gasteiger charge is 2.28. The van der Waals surface area contributed by atoms with Crippen LogP contribution in [-0.4, -0.2) is 36.4 Å². The third-order valence-electron chi connectivity index (χ3n) is 4.39. The van der Waals surface area contributed by atoms with Crippen molar-refractivity contribution in [3.8, 4) is 5.75 Å². The van der Waals surface area contributed by atoms with E-state index in [1.54, 1.807) is 49.5 Å². The minimum Gasteiger partial charge on any atom is -0.493 e. The number of hydrogen-bond donors (Lipinski definition) is 1. The van der Waals surface area contributed by atoms with Gasteiger partial charge < -0.3 is 15.0 Å². The van der Waals surface area contributed by atoms with Gasteiger partial charge in [-0.2, -0.15) is 0 Å². The number of halogens is 1. The van der Waals surface area contributed by atoms with Crippen LogP contribution in [0.25, 0.3) is 0 Å². The smallest absolute Gasteiger partial charge is 0.255 e. The predicted octanol–water partition coefficient (Wildman–Crippen LogP) is 3.64. The molecule has 5 nitrogen and oxygen atoms in total. The van der Waals surface area contributed by atoms with Crippen molar-refractivity contribution in [3.63, 3.8) is 0 Å². The monoisotopic (exact) mass is 386 g/mol. The second-order valence-corrected chi connectivity index (χ2v) is 6.91. The molecule has 0 heterocycles. The molecule has 0 saturated carbocycles. The van der Waals surface area contributed by atoms with Gasteiger partial charge in [-0.05, 0) is 31.0 Å². The average Bonchev–Trinajstić information content (AvgIpc) is 2.67. The first-order valence-electron chi connectivity index (χ1n) is 9.36. The highest BCUT2D eigenvalue weighted by molar-refractivity contribution is 5.99. The van der Waals surface area contributed by atoms with E-state index in [2.05, 4.69) is 5.32 Å². The molecule has 0 saturated heterocycles. The highest BCUT2D eigenvalue weighted by atomic mass is 19.1. The van der Waals surface area contributed by atoms with Crippen molar-refractivity contribution >= 4 is 11.8 Å². The van der Waals surface area contributed by atoms with Crippen molar-refractivity contribution in [1.29, 1.82) is 0 Å². The van der Waals surface area contributed by atoms with Crippen molar-refractivity contribution < 1.29 is 18.7 Å². The number of carbonyl (C=O) groups is 2. The minimum absolute atomic E-state index is 0.125. The van der Waals surface area contributed by atoms with E-state index in [1.165, 1.54) is 11.0 Å². The molecule has 2 aromatic rings. The molecule has 2 amide bonds. The number of para-hydroxylation sites is 1. The van der Waals surface area contributed by atoms with Gasteiger partial charge in [-0.3, -0.25) is 9.59 Å². The van der Waals surface area contributed by atoms with Gasteiger partial charge in [0.25, 0.3) is 5.91 Å². The molecule has 6 heteroatoms. The molecule has 0 fully saturated rings. The Morgan fingerprint density at radius 3 is 2.39 bits per heavy atom. The zero-order valence-corrected chi connectivity index (χ0v) is 16.7. The van der Waals surface area contributed by atoms with Crippen LogP contribution in [-0.2, 0) is 11.3 Å². The SMILES string of the molecule is CCOc1ccccc1C(=O)NC(C(=O)N(C)Cc1ccccc1F)C(C)C. The molecule has 2 rings (SSSR count). The maximum atomic E-state index is 13.9. The van der Waals surface area contributed by atoms with E-state index < -0.39 is 6.04 Å². The van der Waals surface area contributed by atoms with Gasteiger partial charge in [0.1, 0.15) is 17.6 Å². The summed E-state index contributed by atoms with van der Waals surface area (Å²) in [4.78, 5) is 27.1. The van der Waals surface area contributed by atoms with Crippen molar-refractivity contribution in [2.24, 2.45) is 5.92 Å². The summed E-state index contributed by atoms with van der Waals surface area (Å²) in [5.74, 6) is -0.690. The standard InChI is InChI=1S/C22H27FN2O3/c1-5-28-19-13-9-7-11-17(19)21(26)24-20(15(2)3)22(27)25(4)14-16-10-6-8-12-18(16)23/h6-13,15,20H,5,14H2,1-4H3,(H,24,26). The van der Waals surface area contributed by atoms with Crippen LogP contribution in [0.5, 0.6) is 5.75 Å². The molecule has 1 N–H and O–H groups in total. The molecular formula is C22H27FN2O3. The third-order valence-corrected chi connectivity index (χ3v) is 4.39. The lowest BCUT2D eigenvalue weighted by Gasteiger charge is -2.27. The topological polar surface area (TPSA) is 58.6 Å². The van der Waals surface area contributed by atoms with E-state index in [9.17, 15) is 14.0 Å². The van der Waals surface area contributed by atoms with Crippen LogP contribution in [0, 0.1) is 11.7 Å². The first-order valence-corrected chi connectivity index (χ1v) is 9.36. The first kappa shape index (κ1) is 21.4. The summed E-state index contributed by atoms with van der Waals surface area (Å²) >= 11 is 0. The molecule has 1 unspecified atom stereocenters. The first-order chi connectivity index (χ1) is 13.3. The Bertz CT molecular complexity index is 823. The van der Waals surface area contributed by atoms with E-state index in [0.29, 0.717) is 23.5 Å². The normalized spacial score (nSPS) is 11.8. The van der Waals surface area contributed by atoms with Crippen LogP contribution in [0.3, 0.4) is 0 Å². The summed E-state index contributed by atoms with van der Waals surface area (Å²) in [6.45, 7) is 6.11. The Morgan fingerprint density at radius 1 is 1.11 bits per heavy atom. The number of amides is 2. The molecule has 0 bridgehead atoms. The van der Waals surface area contributed by atoms with Crippen LogP contribution in [0.1, 0.15) is 36.7 Å². The molecule has 0 aromatic heterocycles. The lowest BCUT2D eigenvalue weighted by Crippen LogP contribution is -2.50. The molecule has 150 valence electrons. The molecule has 0 radical (unpaired) electrons. The Morgan fingerprint density at radius 2 is 1.75 bits per heavy atom. The highest BCUT2D eigenvalue weighted by Crippen LogP contribution is 2.19. The molecular weight excluding hydrogens is 359 g/mol. The summed E-state index contributed by atoms with van der Waals surface area (Å²) in [6, 6.07) is 12.5. The third kappa shape index (κ3) is 5.31. The average molecular weight is 386 g/mol. The zero-order chi connectivity index (χ0) is 20.7. The number of ether oxygens (including phenoxy) is 1. The van der Waals surface area contributed by atoms with Gasteiger partial charge in [-0.15, -0.1) is 0 Å². The molecule has 2 aromatic carbocycles. The maximum Gasteiger partial charge on any atom is 0.255 e. The quantitative estimate of drug-likeness (QED) is 0.754. The van der Waals surface area contributed by atoms with Crippen LogP contribution < -0.4 is 10.1 Å². The van der Waals surface area contributed by atoms with Gasteiger partial charge in [-0.1, -0.05) is 44.2 Å². The van der Waals surface area contributed by atoms with Crippen molar-refractivity contribution in [2.75, 3.05) is 13.7 Å². The summed E-state index contributed by atoms with van der Waals surface area (Å²) in [5.41, 5.74) is 0.799. The van der Waals surface area contributed by atoms with Gasteiger partial charge in [0, 0.05) is 19.2 Å². The number of carbonyl (C=O) groups excluding carboxylic acids is 2. The molecule has 0 spiro atoms. The van der Waals surface area contributed by atoms with Crippen molar-refractivity contribution in [2.45, 2.75) is 33.4 Å². The van der Waals surface area contributed by atoms with Crippen LogP contribution >= 0.6 is 0 Å². The van der Waals surface area contributed by atoms with E-state index in [4.69, 9.17) is 4.74 Å². The Balaban J connectivity index is 2.15. The summed E-state index contributed by atoms with van der Waals surface area (Å²) in [5, 5.41) is 2.81. The van der Waals surface area contributed by atoms with Gasteiger partial charge in [0.05, 0.1) is 12.2 Å². The number of nitrogens with zero attached hydrogens (tertiary/aromatic N) is 1. The number of benzene rings is 2. The zero-order valence-electron chi connectivity index (χ0n) is 16.7. The predicted molar refractivity (Wildman–Crippen MR) is 107 cm³/mol. The molecule has 1 atom stereocenters. The second kappa shape index (κ2) is 9.88. The van der Waals surface area contributed by atoms with Gasteiger partial charge in [-0.25, -0.2) is 4.39 Å². The number of hydrogen-bond acceptors (Lipinski definition) is 3. The minimum atomic E-state index is -0.737. The van der Waals surface area contributed by atoms with Crippen molar-refractivity contribution in [3.05, 3.63) is 65.5 Å². The van der Waals surface area contributed by atoms with Crippen LogP contribution in [0.2, 0.25) is 0 Å². The van der Waals surface area contributed by atoms with E-state index in [1.807, 2.05) is 20.8 Å². The lowest BCUT2D eigenvalue weighted by molar-refractivity contribution is -0.133. The Kier molecular flexibility index (Phi) is 7.55. The van der Waals surface area contributed by atoms with E-state index in [-0.39, 0.29) is 30.1 Å². The number of likely N-dealkylation sites (N-methyl/N-ethyl adjacent to an activating group) is 1. The number of rotatable bonds is 8. The lowest BCUT2D eigenvalue weighted by atomic mass is 10.0. The van der Waals surface area contributed by atoms with E-state index >= 15 is 0 Å². The fraction of sp³-hybridized carbons (Fsp3) is 0.364. The van der Waals surface area contributed by atoms with Gasteiger partial charge in [0.15, 0.2) is 0 Å². The van der Waals surface area contributed by atoms with Crippen LogP contribution in [0.15, 0.2) is 48.5 Å². The molecule has 28 heavy (non-hydrogen) atoms. The fourth-order valence-electron chi connectivity index (χ4n) is 2.87. The fourth-order valence-corrected chi connectivity index (χ4v) is 2.87. The molecule has 0 aliphatic rings. The Hall–Kier alpha value is -2.89. The second-order valence-electron chi connectivity index (χ2n) is 6.91. The maximum absolute atomic E-state index is 13.9. The van der Waals surface area contributed by atoms with Crippen molar-refractivity contribution in [1.82, 2.24) is 10.2 Å². The van der Waals surface area contributed by atoms with Crippen LogP contribution in [0.4, 0.5) is 4.39 Å². The Labute approximate surface area is 165 Å². The van der Waals surface area contributed by atoms with Gasteiger partial charge in [0.2, 0.25) is 5.91 Å². The summed E-state index contributed by atoms with van der Waals surface area (Å²) in [7, 11) is 1.60. The van der Waals surface area contributed by atoms with E-state index in [0.717, 1.165) is 0 Å². The molecule has 0 aliphatic heterocycles. The summed E-state index contributed by atoms with van der Waals surface area (Å²) in [6.07, 6.45) is 0. The largest absolute Gasteiger partial charge is 0.493 e. The molecule has 0 aliphatic carbocycles. The van der Waals surface area contributed by atoms with Gasteiger partial charge >= 0.3 is 0 Å². The number of nitrogens with one attached hydrogen (secondary N) is 1. The summed E-state index contributed by atoms with van der Waals surface area (Å²) < 4.78 is 19.4.